The SMILES string of the molecule is CN(Cc1ccc(OC(F)F)cc1)C(=O)CNC(=O)C12CC3CC(CC(C3)C1)C2. The fraction of sp³-hybridized carbons (Fsp3) is 0.636. The Morgan fingerprint density at radius 2 is 1.66 bits per heavy atom. The first kappa shape index (κ1) is 20.1. The standard InChI is InChI=1S/C22H28F2N2O3/c1-26(13-14-2-4-18(5-3-14)29-21(23)24)19(27)12-25-20(28)22-9-15-6-16(10-22)8-17(7-15)11-22/h2-5,15-17,21H,6-13H2,1H3,(H,25,28). The van der Waals surface area contributed by atoms with Gasteiger partial charge in [-0.15, -0.1) is 0 Å². The number of benzene rings is 1. The minimum Gasteiger partial charge on any atom is -0.435 e. The van der Waals surface area contributed by atoms with Gasteiger partial charge in [0.05, 0.1) is 6.54 Å². The van der Waals surface area contributed by atoms with Gasteiger partial charge in [0.1, 0.15) is 5.75 Å². The van der Waals surface area contributed by atoms with Crippen LogP contribution in [0.5, 0.6) is 5.75 Å². The molecule has 1 aromatic rings. The van der Waals surface area contributed by atoms with Crippen LogP contribution in [0.2, 0.25) is 0 Å². The van der Waals surface area contributed by atoms with Crippen molar-refractivity contribution >= 4 is 11.8 Å². The van der Waals surface area contributed by atoms with E-state index in [0.29, 0.717) is 24.3 Å². The molecular formula is C22H28F2N2O3. The second-order valence-corrected chi connectivity index (χ2v) is 9.15. The van der Waals surface area contributed by atoms with Gasteiger partial charge in [0.15, 0.2) is 0 Å². The summed E-state index contributed by atoms with van der Waals surface area (Å²) in [7, 11) is 1.67. The maximum Gasteiger partial charge on any atom is 0.387 e. The topological polar surface area (TPSA) is 58.6 Å². The maximum absolute atomic E-state index is 13.0. The van der Waals surface area contributed by atoms with Gasteiger partial charge in [0, 0.05) is 19.0 Å². The summed E-state index contributed by atoms with van der Waals surface area (Å²) < 4.78 is 28.8. The lowest BCUT2D eigenvalue weighted by Crippen LogP contribution is -2.54. The van der Waals surface area contributed by atoms with E-state index in [9.17, 15) is 18.4 Å². The van der Waals surface area contributed by atoms with Crippen LogP contribution >= 0.6 is 0 Å². The number of carbonyl (C=O) groups is 2. The number of hydrogen-bond donors (Lipinski definition) is 1. The number of nitrogens with one attached hydrogen (secondary N) is 1. The summed E-state index contributed by atoms with van der Waals surface area (Å²) in [5, 5.41) is 2.90. The largest absolute Gasteiger partial charge is 0.435 e. The molecule has 4 aliphatic carbocycles. The molecule has 29 heavy (non-hydrogen) atoms. The predicted molar refractivity (Wildman–Crippen MR) is 103 cm³/mol. The van der Waals surface area contributed by atoms with Gasteiger partial charge >= 0.3 is 6.61 Å². The van der Waals surface area contributed by atoms with Crippen LogP contribution in [0.3, 0.4) is 0 Å². The van der Waals surface area contributed by atoms with Crippen molar-refractivity contribution in [2.75, 3.05) is 13.6 Å². The van der Waals surface area contributed by atoms with Gasteiger partial charge < -0.3 is 15.0 Å². The third-order valence-corrected chi connectivity index (χ3v) is 6.91. The summed E-state index contributed by atoms with van der Waals surface area (Å²) in [4.78, 5) is 27.0. The summed E-state index contributed by atoms with van der Waals surface area (Å²) in [6.45, 7) is -2.53. The summed E-state index contributed by atoms with van der Waals surface area (Å²) >= 11 is 0. The zero-order valence-corrected chi connectivity index (χ0v) is 16.7. The van der Waals surface area contributed by atoms with Gasteiger partial charge in [-0.25, -0.2) is 0 Å². The number of alkyl halides is 2. The zero-order valence-electron chi connectivity index (χ0n) is 16.7. The fourth-order valence-corrected chi connectivity index (χ4v) is 6.01. The molecule has 0 spiro atoms. The third-order valence-electron chi connectivity index (χ3n) is 6.91. The Bertz CT molecular complexity index is 731. The summed E-state index contributed by atoms with van der Waals surface area (Å²) in [6.07, 6.45) is 6.74. The van der Waals surface area contributed by atoms with E-state index in [-0.39, 0.29) is 29.5 Å². The fourth-order valence-electron chi connectivity index (χ4n) is 6.01. The molecule has 4 saturated carbocycles. The van der Waals surface area contributed by atoms with E-state index in [1.165, 1.54) is 36.3 Å². The van der Waals surface area contributed by atoms with Crippen LogP contribution < -0.4 is 10.1 Å². The van der Waals surface area contributed by atoms with Crippen molar-refractivity contribution in [3.8, 4) is 5.75 Å². The number of halogens is 2. The van der Waals surface area contributed by atoms with Crippen LogP contribution in [0, 0.1) is 23.2 Å². The average Bonchev–Trinajstić information content (AvgIpc) is 2.65. The summed E-state index contributed by atoms with van der Waals surface area (Å²) in [5.74, 6) is 2.01. The molecule has 1 N–H and O–H groups in total. The third kappa shape index (κ3) is 4.38. The lowest BCUT2D eigenvalue weighted by Gasteiger charge is -2.55. The smallest absolute Gasteiger partial charge is 0.387 e. The maximum atomic E-state index is 13.0. The van der Waals surface area contributed by atoms with Crippen molar-refractivity contribution in [3.63, 3.8) is 0 Å². The predicted octanol–water partition coefficient (Wildman–Crippen LogP) is 3.58. The van der Waals surface area contributed by atoms with Gasteiger partial charge in [-0.05, 0) is 74.0 Å². The van der Waals surface area contributed by atoms with E-state index in [2.05, 4.69) is 10.1 Å². The number of rotatable bonds is 7. The Labute approximate surface area is 169 Å². The first-order chi connectivity index (χ1) is 13.8. The van der Waals surface area contributed by atoms with Gasteiger partial charge in [-0.3, -0.25) is 9.59 Å². The molecule has 0 atom stereocenters. The van der Waals surface area contributed by atoms with Gasteiger partial charge in [0.25, 0.3) is 0 Å². The molecule has 0 aliphatic heterocycles. The van der Waals surface area contributed by atoms with Crippen molar-refractivity contribution in [2.45, 2.75) is 51.7 Å². The highest BCUT2D eigenvalue weighted by Gasteiger charge is 2.54. The quantitative estimate of drug-likeness (QED) is 0.753. The molecule has 0 saturated heterocycles. The Morgan fingerprint density at radius 3 is 2.17 bits per heavy atom. The van der Waals surface area contributed by atoms with Crippen LogP contribution in [0.1, 0.15) is 44.1 Å². The molecular weight excluding hydrogens is 378 g/mol. The molecule has 0 aromatic heterocycles. The highest BCUT2D eigenvalue weighted by atomic mass is 19.3. The van der Waals surface area contributed by atoms with Crippen LogP contribution in [0.25, 0.3) is 0 Å². The van der Waals surface area contributed by atoms with Crippen LogP contribution in [0.4, 0.5) is 8.78 Å². The highest BCUT2D eigenvalue weighted by molar-refractivity contribution is 5.88. The number of ether oxygens (including phenoxy) is 1. The van der Waals surface area contributed by atoms with Crippen LogP contribution in [-0.2, 0) is 16.1 Å². The number of carbonyl (C=O) groups excluding carboxylic acids is 2. The Kier molecular flexibility index (Phi) is 5.49. The van der Waals surface area contributed by atoms with Gasteiger partial charge in [-0.1, -0.05) is 12.1 Å². The van der Waals surface area contributed by atoms with E-state index in [1.807, 2.05) is 0 Å². The molecule has 1 aromatic carbocycles. The minimum atomic E-state index is -2.86. The van der Waals surface area contributed by atoms with Gasteiger partial charge in [0.2, 0.25) is 11.8 Å². The summed E-state index contributed by atoms with van der Waals surface area (Å²) in [6, 6.07) is 6.20. The number of nitrogens with zero attached hydrogens (tertiary/aromatic N) is 1. The Balaban J connectivity index is 1.27. The van der Waals surface area contributed by atoms with Crippen LogP contribution in [-0.4, -0.2) is 36.9 Å². The number of amides is 2. The van der Waals surface area contributed by atoms with E-state index in [1.54, 1.807) is 19.2 Å². The van der Waals surface area contributed by atoms with Crippen molar-refractivity contribution in [2.24, 2.45) is 23.2 Å². The second kappa shape index (κ2) is 7.92. The molecule has 7 heteroatoms. The zero-order chi connectivity index (χ0) is 20.6. The molecule has 5 rings (SSSR count). The number of hydrogen-bond acceptors (Lipinski definition) is 3. The lowest BCUT2D eigenvalue weighted by atomic mass is 9.49. The van der Waals surface area contributed by atoms with Crippen molar-refractivity contribution in [1.29, 1.82) is 0 Å². The van der Waals surface area contributed by atoms with Gasteiger partial charge in [-0.2, -0.15) is 8.78 Å². The molecule has 158 valence electrons. The minimum absolute atomic E-state index is 0.0103. The van der Waals surface area contributed by atoms with Crippen molar-refractivity contribution < 1.29 is 23.1 Å². The molecule has 0 heterocycles. The van der Waals surface area contributed by atoms with Crippen LogP contribution in [0.15, 0.2) is 24.3 Å². The lowest BCUT2D eigenvalue weighted by molar-refractivity contribution is -0.147. The van der Waals surface area contributed by atoms with E-state index in [4.69, 9.17) is 0 Å². The monoisotopic (exact) mass is 406 g/mol. The Morgan fingerprint density at radius 1 is 1.10 bits per heavy atom. The number of likely N-dealkylation sites (N-methyl/N-ethyl adjacent to an activating group) is 1. The highest BCUT2D eigenvalue weighted by Crippen LogP contribution is 2.60. The van der Waals surface area contributed by atoms with E-state index < -0.39 is 6.61 Å². The van der Waals surface area contributed by atoms with Crippen molar-refractivity contribution in [1.82, 2.24) is 10.2 Å². The van der Waals surface area contributed by atoms with Crippen molar-refractivity contribution in [3.05, 3.63) is 29.8 Å². The molecule has 5 nitrogen and oxygen atoms in total. The van der Waals surface area contributed by atoms with E-state index in [0.717, 1.165) is 24.8 Å². The van der Waals surface area contributed by atoms with E-state index >= 15 is 0 Å². The molecule has 0 radical (unpaired) electrons. The normalized spacial score (nSPS) is 29.7. The second-order valence-electron chi connectivity index (χ2n) is 9.15. The molecule has 2 amide bonds. The first-order valence-corrected chi connectivity index (χ1v) is 10.4. The molecule has 4 aliphatic rings. The average molecular weight is 406 g/mol. The summed E-state index contributed by atoms with van der Waals surface area (Å²) in [5.41, 5.74) is 0.545. The Hall–Kier alpha value is -2.18. The molecule has 0 unspecified atom stereocenters. The molecule has 4 bridgehead atoms. The first-order valence-electron chi connectivity index (χ1n) is 10.4. The molecule has 4 fully saturated rings.